The van der Waals surface area contributed by atoms with Gasteiger partial charge in [0.25, 0.3) is 11.5 Å². The molecule has 0 aliphatic carbocycles. The molecule has 0 radical (unpaired) electrons. The minimum atomic E-state index is -0.464. The Hall–Kier alpha value is -2.50. The standard InChI is InChI=1S/C12H12N4O2/c1-8-14-7-10(12(18)16-8)11(17)15-6-9-4-2-3-5-13-9/h2-5,7H,6H2,1H3,(H,15,17)(H,14,16,18). The summed E-state index contributed by atoms with van der Waals surface area (Å²) in [7, 11) is 0. The first-order valence-corrected chi connectivity index (χ1v) is 5.41. The van der Waals surface area contributed by atoms with E-state index in [9.17, 15) is 9.59 Å². The first-order valence-electron chi connectivity index (χ1n) is 5.41. The Morgan fingerprint density at radius 1 is 1.39 bits per heavy atom. The predicted octanol–water partition coefficient (Wildman–Crippen LogP) is 0.403. The fourth-order valence-electron chi connectivity index (χ4n) is 1.41. The van der Waals surface area contributed by atoms with Crippen LogP contribution in [0.4, 0.5) is 0 Å². The molecule has 0 unspecified atom stereocenters. The van der Waals surface area contributed by atoms with Crippen LogP contribution < -0.4 is 10.9 Å². The molecule has 1 amide bonds. The molecule has 0 spiro atoms. The van der Waals surface area contributed by atoms with Crippen LogP contribution in [0.5, 0.6) is 0 Å². The van der Waals surface area contributed by atoms with E-state index in [0.717, 1.165) is 5.69 Å². The molecule has 2 N–H and O–H groups in total. The van der Waals surface area contributed by atoms with Gasteiger partial charge in [0.1, 0.15) is 11.4 Å². The number of aromatic nitrogens is 3. The molecule has 0 atom stereocenters. The lowest BCUT2D eigenvalue weighted by atomic mass is 10.3. The second kappa shape index (κ2) is 5.22. The Bertz CT molecular complexity index is 607. The SMILES string of the molecule is Cc1ncc(C(=O)NCc2ccccn2)c(=O)[nH]1. The lowest BCUT2D eigenvalue weighted by molar-refractivity contribution is 0.0948. The van der Waals surface area contributed by atoms with E-state index in [2.05, 4.69) is 20.3 Å². The van der Waals surface area contributed by atoms with Gasteiger partial charge in [0.2, 0.25) is 0 Å². The van der Waals surface area contributed by atoms with Gasteiger partial charge in [-0.25, -0.2) is 4.98 Å². The van der Waals surface area contributed by atoms with Gasteiger partial charge in [-0.2, -0.15) is 0 Å². The van der Waals surface area contributed by atoms with Gasteiger partial charge in [-0.1, -0.05) is 6.07 Å². The molecule has 0 aliphatic heterocycles. The Balaban J connectivity index is 2.06. The zero-order valence-corrected chi connectivity index (χ0v) is 9.80. The highest BCUT2D eigenvalue weighted by Gasteiger charge is 2.10. The molecule has 0 aromatic carbocycles. The topological polar surface area (TPSA) is 87.7 Å². The third-order valence-electron chi connectivity index (χ3n) is 2.33. The van der Waals surface area contributed by atoms with Crippen molar-refractivity contribution >= 4 is 5.91 Å². The highest BCUT2D eigenvalue weighted by Crippen LogP contribution is 1.94. The van der Waals surface area contributed by atoms with Crippen molar-refractivity contribution in [1.29, 1.82) is 0 Å². The number of aryl methyl sites for hydroxylation is 1. The minimum absolute atomic E-state index is 0.00321. The van der Waals surface area contributed by atoms with Gasteiger partial charge in [-0.05, 0) is 19.1 Å². The Morgan fingerprint density at radius 2 is 2.22 bits per heavy atom. The first kappa shape index (κ1) is 12.0. The third kappa shape index (κ3) is 2.79. The van der Waals surface area contributed by atoms with Crippen LogP contribution in [-0.4, -0.2) is 20.9 Å². The number of nitrogens with one attached hydrogen (secondary N) is 2. The van der Waals surface area contributed by atoms with Gasteiger partial charge in [-0.3, -0.25) is 14.6 Å². The molecule has 2 heterocycles. The molecule has 2 aromatic heterocycles. The van der Waals surface area contributed by atoms with E-state index in [1.165, 1.54) is 6.20 Å². The minimum Gasteiger partial charge on any atom is -0.346 e. The fraction of sp³-hybridized carbons (Fsp3) is 0.167. The van der Waals surface area contributed by atoms with Crippen molar-refractivity contribution in [3.63, 3.8) is 0 Å². The van der Waals surface area contributed by atoms with Gasteiger partial charge < -0.3 is 10.3 Å². The number of hydrogen-bond acceptors (Lipinski definition) is 4. The lowest BCUT2D eigenvalue weighted by Crippen LogP contribution is -2.30. The predicted molar refractivity (Wildman–Crippen MR) is 65.0 cm³/mol. The van der Waals surface area contributed by atoms with E-state index in [-0.39, 0.29) is 12.1 Å². The summed E-state index contributed by atoms with van der Waals surface area (Å²) in [5.74, 6) is 0.00989. The number of carbonyl (C=O) groups is 1. The average Bonchev–Trinajstić information content (AvgIpc) is 2.37. The van der Waals surface area contributed by atoms with Crippen molar-refractivity contribution < 1.29 is 4.79 Å². The van der Waals surface area contributed by atoms with Gasteiger partial charge in [0, 0.05) is 12.4 Å². The Kier molecular flexibility index (Phi) is 3.47. The molecular formula is C12H12N4O2. The zero-order chi connectivity index (χ0) is 13.0. The lowest BCUT2D eigenvalue weighted by Gasteiger charge is -2.03. The van der Waals surface area contributed by atoms with Crippen molar-refractivity contribution in [2.24, 2.45) is 0 Å². The van der Waals surface area contributed by atoms with Crippen molar-refractivity contribution in [1.82, 2.24) is 20.3 Å². The van der Waals surface area contributed by atoms with Crippen LogP contribution in [0, 0.1) is 6.92 Å². The maximum absolute atomic E-state index is 11.8. The monoisotopic (exact) mass is 244 g/mol. The fourth-order valence-corrected chi connectivity index (χ4v) is 1.41. The van der Waals surface area contributed by atoms with E-state index >= 15 is 0 Å². The van der Waals surface area contributed by atoms with Crippen LogP contribution in [-0.2, 0) is 6.54 Å². The van der Waals surface area contributed by atoms with Crippen LogP contribution in [0.15, 0.2) is 35.4 Å². The molecule has 0 bridgehead atoms. The van der Waals surface area contributed by atoms with Crippen LogP contribution in [0.25, 0.3) is 0 Å². The molecule has 18 heavy (non-hydrogen) atoms. The summed E-state index contributed by atoms with van der Waals surface area (Å²) in [6.45, 7) is 1.92. The molecule has 6 nitrogen and oxygen atoms in total. The highest BCUT2D eigenvalue weighted by atomic mass is 16.2. The Labute approximate surface area is 103 Å². The zero-order valence-electron chi connectivity index (χ0n) is 9.80. The van der Waals surface area contributed by atoms with E-state index < -0.39 is 11.5 Å². The largest absolute Gasteiger partial charge is 0.346 e. The smallest absolute Gasteiger partial charge is 0.263 e. The van der Waals surface area contributed by atoms with E-state index in [4.69, 9.17) is 0 Å². The number of carbonyl (C=O) groups excluding carboxylic acids is 1. The number of aromatic amines is 1. The van der Waals surface area contributed by atoms with Gasteiger partial charge >= 0.3 is 0 Å². The summed E-state index contributed by atoms with van der Waals surface area (Å²) in [5.41, 5.74) is 0.278. The summed E-state index contributed by atoms with van der Waals surface area (Å²) in [6.07, 6.45) is 2.91. The molecule has 0 fully saturated rings. The molecule has 0 aliphatic rings. The van der Waals surface area contributed by atoms with Crippen molar-refractivity contribution in [2.75, 3.05) is 0 Å². The number of H-pyrrole nitrogens is 1. The second-order valence-electron chi connectivity index (χ2n) is 3.72. The number of nitrogens with zero attached hydrogens (tertiary/aromatic N) is 2. The summed E-state index contributed by atoms with van der Waals surface area (Å²) >= 11 is 0. The Morgan fingerprint density at radius 3 is 2.89 bits per heavy atom. The van der Waals surface area contributed by atoms with Crippen molar-refractivity contribution in [3.8, 4) is 0 Å². The first-order chi connectivity index (χ1) is 8.66. The number of pyridine rings is 1. The van der Waals surface area contributed by atoms with E-state index in [1.54, 1.807) is 25.3 Å². The molecule has 6 heteroatoms. The van der Waals surface area contributed by atoms with Crippen molar-refractivity contribution in [2.45, 2.75) is 13.5 Å². The molecule has 2 aromatic rings. The maximum Gasteiger partial charge on any atom is 0.263 e. The maximum atomic E-state index is 11.8. The molecule has 2 rings (SSSR count). The quantitative estimate of drug-likeness (QED) is 0.818. The van der Waals surface area contributed by atoms with Crippen LogP contribution in [0.2, 0.25) is 0 Å². The summed E-state index contributed by atoms with van der Waals surface area (Å²) in [6, 6.07) is 5.41. The summed E-state index contributed by atoms with van der Waals surface area (Å²) < 4.78 is 0. The van der Waals surface area contributed by atoms with Crippen molar-refractivity contribution in [3.05, 3.63) is 58.0 Å². The highest BCUT2D eigenvalue weighted by molar-refractivity contribution is 5.93. The molecule has 0 saturated carbocycles. The normalized spacial score (nSPS) is 10.1. The van der Waals surface area contributed by atoms with Crippen LogP contribution in [0.1, 0.15) is 21.9 Å². The second-order valence-corrected chi connectivity index (χ2v) is 3.72. The average molecular weight is 244 g/mol. The molecular weight excluding hydrogens is 232 g/mol. The summed E-state index contributed by atoms with van der Waals surface area (Å²) in [5, 5.41) is 2.61. The van der Waals surface area contributed by atoms with Crippen LogP contribution in [0.3, 0.4) is 0 Å². The number of rotatable bonds is 3. The van der Waals surface area contributed by atoms with Gasteiger partial charge in [0.05, 0.1) is 12.2 Å². The number of hydrogen-bond donors (Lipinski definition) is 2. The molecule has 0 saturated heterocycles. The van der Waals surface area contributed by atoms with Gasteiger partial charge in [-0.15, -0.1) is 0 Å². The van der Waals surface area contributed by atoms with Crippen LogP contribution >= 0.6 is 0 Å². The van der Waals surface area contributed by atoms with E-state index in [0.29, 0.717) is 5.82 Å². The third-order valence-corrected chi connectivity index (χ3v) is 2.33. The number of amides is 1. The summed E-state index contributed by atoms with van der Waals surface area (Å²) in [4.78, 5) is 33.7. The van der Waals surface area contributed by atoms with Gasteiger partial charge in [0.15, 0.2) is 0 Å². The van der Waals surface area contributed by atoms with E-state index in [1.807, 2.05) is 6.07 Å². The molecule has 92 valence electrons.